The van der Waals surface area contributed by atoms with Gasteiger partial charge in [-0.15, -0.1) is 22.7 Å². The van der Waals surface area contributed by atoms with E-state index in [9.17, 15) is 0 Å². The van der Waals surface area contributed by atoms with E-state index < -0.39 is 0 Å². The van der Waals surface area contributed by atoms with Gasteiger partial charge in [0.15, 0.2) is 0 Å². The fourth-order valence-electron chi connectivity index (χ4n) is 23.6. The van der Waals surface area contributed by atoms with E-state index >= 15 is 0 Å². The second-order valence-corrected chi connectivity index (χ2v) is 40.9. The van der Waals surface area contributed by atoms with Gasteiger partial charge < -0.3 is 27.4 Å². The van der Waals surface area contributed by atoms with Crippen molar-refractivity contribution < 1.29 is 0 Å². The molecule has 0 radical (unpaired) electrons. The predicted molar refractivity (Wildman–Crippen MR) is 634 cm³/mol. The van der Waals surface area contributed by atoms with Gasteiger partial charge in [-0.05, 0) is 213 Å². The van der Waals surface area contributed by atoms with Gasteiger partial charge in [-0.25, -0.2) is 9.97 Å². The molecule has 8 aromatic heterocycles. The third-order valence-corrected chi connectivity index (χ3v) is 33.0. The van der Waals surface area contributed by atoms with Gasteiger partial charge in [-0.1, -0.05) is 376 Å². The van der Waals surface area contributed by atoms with Crippen molar-refractivity contribution >= 4 is 174 Å². The number of nitrogens with zero attached hydrogens (tertiary/aromatic N) is 8. The van der Waals surface area contributed by atoms with Gasteiger partial charge in [0.1, 0.15) is 10.0 Å². The highest BCUT2D eigenvalue weighted by Gasteiger charge is 2.25. The molecule has 700 valence electrons. The fraction of sp³-hybridized carbons (Fsp3) is 0. The maximum absolute atomic E-state index is 5.54. The van der Waals surface area contributed by atoms with Crippen LogP contribution in [-0.2, 0) is 0 Å². The molecule has 10 heteroatoms. The van der Waals surface area contributed by atoms with E-state index in [2.05, 4.69) is 561 Å². The fourth-order valence-corrected chi connectivity index (χ4v) is 25.9. The summed E-state index contributed by atoms with van der Waals surface area (Å²) in [6.07, 6.45) is 0. The van der Waals surface area contributed by atoms with E-state index in [4.69, 9.17) is 9.97 Å². The smallest absolute Gasteiger partial charge is 0.124 e. The average Bonchev–Trinajstić information content (AvgIpc) is 1.60. The summed E-state index contributed by atoms with van der Waals surface area (Å²) in [5.74, 6) is 0. The van der Waals surface area contributed by atoms with Crippen molar-refractivity contribution in [3.63, 3.8) is 0 Å². The second kappa shape index (κ2) is 35.3. The summed E-state index contributed by atoms with van der Waals surface area (Å²) in [5.41, 5.74) is 41.8. The van der Waals surface area contributed by atoms with Crippen LogP contribution in [0.2, 0.25) is 0 Å². The molecule has 23 aromatic carbocycles. The molecule has 0 aliphatic heterocycles. The highest BCUT2D eigenvalue weighted by atomic mass is 32.1. The zero-order chi connectivity index (χ0) is 98.5. The maximum Gasteiger partial charge on any atom is 0.124 e. The summed E-state index contributed by atoms with van der Waals surface area (Å²) in [4.78, 5) is 11.1. The van der Waals surface area contributed by atoms with Crippen LogP contribution in [0.25, 0.3) is 284 Å². The van der Waals surface area contributed by atoms with Gasteiger partial charge in [-0.2, -0.15) is 0 Å². The Kier molecular flexibility index (Phi) is 20.3. The van der Waals surface area contributed by atoms with Crippen LogP contribution < -0.4 is 0 Å². The minimum Gasteiger partial charge on any atom is -0.309 e. The summed E-state index contributed by atoms with van der Waals surface area (Å²) in [6, 6.07) is 194. The number of hydrogen-bond donors (Lipinski definition) is 0. The van der Waals surface area contributed by atoms with Crippen molar-refractivity contribution in [1.82, 2.24) is 37.4 Å². The second-order valence-electron chi connectivity index (χ2n) is 38.9. The molecule has 31 rings (SSSR count). The van der Waals surface area contributed by atoms with Crippen LogP contribution in [0.15, 0.2) is 534 Å². The summed E-state index contributed by atoms with van der Waals surface area (Å²) in [7, 11) is 0. The lowest BCUT2D eigenvalue weighted by Crippen LogP contribution is -1.94. The van der Waals surface area contributed by atoms with Gasteiger partial charge in [0.2, 0.25) is 0 Å². The average molecular weight is 1950 g/mol. The zero-order valence-electron chi connectivity index (χ0n) is 81.2. The van der Waals surface area contributed by atoms with Crippen LogP contribution in [0.4, 0.5) is 0 Å². The Hall–Kier alpha value is -19.4. The first kappa shape index (κ1) is 86.2. The van der Waals surface area contributed by atoms with E-state index in [0.717, 1.165) is 105 Å². The number of rotatable bonds is 15. The Labute approximate surface area is 871 Å². The van der Waals surface area contributed by atoms with E-state index in [1.165, 1.54) is 179 Å². The minimum atomic E-state index is 0.992. The Morgan fingerprint density at radius 3 is 0.440 bits per heavy atom. The van der Waals surface area contributed by atoms with Crippen LogP contribution in [0.3, 0.4) is 0 Å². The van der Waals surface area contributed by atoms with Gasteiger partial charge in [-0.3, -0.25) is 0 Å². The van der Waals surface area contributed by atoms with Crippen molar-refractivity contribution in [2.24, 2.45) is 0 Å². The Balaban J connectivity index is 0.000000142. The molecule has 8 nitrogen and oxygen atoms in total. The summed E-state index contributed by atoms with van der Waals surface area (Å²) in [5, 5.41) is 17.1. The molecule has 0 aliphatic carbocycles. The van der Waals surface area contributed by atoms with E-state index in [1.807, 2.05) is 0 Å². The summed E-state index contributed by atoms with van der Waals surface area (Å²) >= 11 is 3.54. The quantitative estimate of drug-likeness (QED) is 0.103. The highest BCUT2D eigenvalue weighted by Crippen LogP contribution is 2.49. The van der Waals surface area contributed by atoms with E-state index in [1.54, 1.807) is 22.7 Å². The van der Waals surface area contributed by atoms with Crippen molar-refractivity contribution in [1.29, 1.82) is 0 Å². The lowest BCUT2D eigenvalue weighted by Gasteiger charge is -2.12. The molecule has 0 N–H and O–H groups in total. The molecular weight excluding hydrogens is 1860 g/mol. The topological polar surface area (TPSA) is 55.4 Å². The summed E-state index contributed by atoms with van der Waals surface area (Å²) < 4.78 is 16.6. The van der Waals surface area contributed by atoms with Crippen LogP contribution in [0.1, 0.15) is 0 Å². The van der Waals surface area contributed by atoms with Crippen LogP contribution in [0.5, 0.6) is 0 Å². The number of thiazole rings is 2. The molecule has 0 amide bonds. The minimum absolute atomic E-state index is 0.992. The first-order valence-electron chi connectivity index (χ1n) is 51.1. The standard InChI is InChI=1S/C79H50N4S.C61H38N4S/c1-7-19-71-65(13-1)66-14-2-8-20-72(66)81(71)60-43-37-54(38-44-60)51-25-31-57(32-26-51)63-49-50-64(58-33-27-52(28-34-58)55-39-45-61(46-40-55)82-73-21-9-3-15-67(73)68-16-4-10-22-74(68)82)78-77(63)80-79(84-78)59-35-29-53(30-36-59)56-41-47-62(48-42-56)83-75-23-11-5-17-69(75)70-18-6-12-24-76(70)83;1-7-19-53-47(13-1)48-14-2-8-20-54(48)63(53)42-31-25-39(26-32-42)45-37-38-46(40-27-33-43(34-28-40)64-55-21-9-3-15-49(55)50-16-4-10-22-56(50)64)60-59(45)62-61(66-60)41-29-35-44(36-30-41)65-57-23-11-5-17-51(57)52-18-6-12-24-58(52)65/h1-50H;1-38H. The number of fused-ring (bicyclic) bond motifs is 20. The van der Waals surface area contributed by atoms with E-state index in [-0.39, 0.29) is 0 Å². The first-order chi connectivity index (χ1) is 74.4. The van der Waals surface area contributed by atoms with Crippen molar-refractivity contribution in [3.8, 4) is 133 Å². The molecule has 0 unspecified atom stereocenters. The molecule has 0 saturated carbocycles. The Bertz CT molecular complexity index is 10000. The highest BCUT2D eigenvalue weighted by molar-refractivity contribution is 7.22. The molecule has 0 aliphatic rings. The maximum atomic E-state index is 5.54. The number of benzene rings is 23. The molecule has 150 heavy (non-hydrogen) atoms. The SMILES string of the molecule is c1ccc2c(c1)c1ccccc1n2-c1ccc(-c2ccc(-c3nc4c(-c5ccc(-c6ccc(-n7c8ccccc8c8ccccc87)cc6)cc5)ccc(-c5ccc(-c6ccc(-n7c8ccccc8c8ccccc87)cc6)cc5)c4s3)cc2)cc1.c1ccc2c(c1)c1ccccc1n2-c1ccc(-c2nc3c(-c4ccc(-n5c6ccccc6c6ccccc65)cc4)ccc(-c4ccc(-n5c6ccccc6c6ccccc65)cc4)c3s2)cc1. The zero-order valence-corrected chi connectivity index (χ0v) is 82.8. The van der Waals surface area contributed by atoms with Crippen LogP contribution in [0, 0.1) is 0 Å². The molecule has 0 bridgehead atoms. The number of para-hydroxylation sites is 12. The predicted octanol–water partition coefficient (Wildman–Crippen LogP) is 38.2. The number of aromatic nitrogens is 8. The summed E-state index contributed by atoms with van der Waals surface area (Å²) in [6.45, 7) is 0. The normalized spacial score (nSPS) is 11.9. The van der Waals surface area contributed by atoms with E-state index in [0.29, 0.717) is 0 Å². The Morgan fingerprint density at radius 2 is 0.253 bits per heavy atom. The van der Waals surface area contributed by atoms with Gasteiger partial charge in [0.05, 0.1) is 86.6 Å². The molecule has 0 spiro atoms. The third-order valence-electron chi connectivity index (χ3n) is 30.7. The molecule has 0 atom stereocenters. The molecule has 0 fully saturated rings. The van der Waals surface area contributed by atoms with Crippen molar-refractivity contribution in [3.05, 3.63) is 534 Å². The van der Waals surface area contributed by atoms with Crippen molar-refractivity contribution in [2.75, 3.05) is 0 Å². The third kappa shape index (κ3) is 14.2. The molecule has 8 heterocycles. The van der Waals surface area contributed by atoms with Crippen LogP contribution >= 0.6 is 22.7 Å². The van der Waals surface area contributed by atoms with Gasteiger partial charge in [0, 0.05) is 132 Å². The van der Waals surface area contributed by atoms with Gasteiger partial charge >= 0.3 is 0 Å². The van der Waals surface area contributed by atoms with Crippen LogP contribution in [-0.4, -0.2) is 37.4 Å². The molecule has 0 saturated heterocycles. The molecular formula is C140H88N8S2. The lowest BCUT2D eigenvalue weighted by molar-refractivity contribution is 1.18. The monoisotopic (exact) mass is 1940 g/mol. The lowest BCUT2D eigenvalue weighted by atomic mass is 9.96. The first-order valence-corrected chi connectivity index (χ1v) is 52.8. The van der Waals surface area contributed by atoms with Gasteiger partial charge in [0.25, 0.3) is 0 Å². The number of hydrogen-bond acceptors (Lipinski definition) is 4. The van der Waals surface area contributed by atoms with Crippen molar-refractivity contribution in [2.45, 2.75) is 0 Å². The molecule has 31 aromatic rings. The largest absolute Gasteiger partial charge is 0.309 e. The Morgan fingerprint density at radius 1 is 0.120 bits per heavy atom.